The van der Waals surface area contributed by atoms with Crippen LogP contribution in [0.15, 0.2) is 52.3 Å². The Morgan fingerprint density at radius 2 is 1.51 bits per heavy atom. The van der Waals surface area contributed by atoms with E-state index in [4.69, 9.17) is 20.4 Å². The Morgan fingerprint density at radius 3 is 2.03 bits per heavy atom. The summed E-state index contributed by atoms with van der Waals surface area (Å²) in [4.78, 5) is 25.6. The Labute approximate surface area is 204 Å². The van der Waals surface area contributed by atoms with Gasteiger partial charge in [-0.25, -0.2) is 9.59 Å². The van der Waals surface area contributed by atoms with Gasteiger partial charge in [-0.3, -0.25) is 0 Å². The predicted octanol–water partition coefficient (Wildman–Crippen LogP) is 3.38. The van der Waals surface area contributed by atoms with Crippen LogP contribution in [0, 0.1) is 5.92 Å². The lowest BCUT2D eigenvalue weighted by molar-refractivity contribution is -0.165. The number of hydrogen-bond donors (Lipinski definition) is 4. The molecule has 35 heavy (non-hydrogen) atoms. The number of fused-ring (bicyclic) bond motifs is 2. The van der Waals surface area contributed by atoms with Crippen molar-refractivity contribution in [2.75, 3.05) is 32.1 Å². The molecule has 0 aliphatic carbocycles. The van der Waals surface area contributed by atoms with Crippen molar-refractivity contribution in [2.24, 2.45) is 5.92 Å². The molecule has 12 heteroatoms. The van der Waals surface area contributed by atoms with Gasteiger partial charge in [0.05, 0.1) is 16.9 Å². The van der Waals surface area contributed by atoms with Crippen LogP contribution in [0.3, 0.4) is 0 Å². The van der Waals surface area contributed by atoms with Crippen LogP contribution in [0.25, 0.3) is 0 Å². The molecule has 2 aromatic carbocycles. The Balaban J connectivity index is 0.000000367. The van der Waals surface area contributed by atoms with E-state index in [0.29, 0.717) is 18.2 Å². The monoisotopic (exact) mass is 516 g/mol. The molecule has 1 heterocycles. The quantitative estimate of drug-likeness (QED) is 0.439. The molecule has 3 rings (SSSR count). The average molecular weight is 517 g/mol. The highest BCUT2D eigenvalue weighted by Crippen LogP contribution is 2.49. The number of aliphatic hydroxyl groups excluding tert-OH is 2. The third-order valence-electron chi connectivity index (χ3n) is 4.93. The molecular weight excluding hydrogens is 489 g/mol. The van der Waals surface area contributed by atoms with Gasteiger partial charge in [0.1, 0.15) is 0 Å². The first-order valence-corrected chi connectivity index (χ1v) is 11.3. The van der Waals surface area contributed by atoms with Crippen LogP contribution in [0.1, 0.15) is 12.5 Å². The lowest BCUT2D eigenvalue weighted by Crippen LogP contribution is -2.39. The molecule has 1 aliphatic rings. The van der Waals surface area contributed by atoms with Gasteiger partial charge in [0.25, 0.3) is 0 Å². The fraction of sp³-hybridized carbons (Fsp3) is 0.391. The molecule has 1 aliphatic heterocycles. The summed E-state index contributed by atoms with van der Waals surface area (Å²) < 4.78 is 39.6. The van der Waals surface area contributed by atoms with Gasteiger partial charge < -0.3 is 30.2 Å². The first-order chi connectivity index (χ1) is 16.2. The number of carbonyl (C=O) groups is 2. The number of alkyl halides is 3. The van der Waals surface area contributed by atoms with Gasteiger partial charge in [0, 0.05) is 22.9 Å². The highest BCUT2D eigenvalue weighted by atomic mass is 32.2. The van der Waals surface area contributed by atoms with E-state index in [2.05, 4.69) is 11.8 Å². The molecule has 3 unspecified atom stereocenters. The molecule has 0 aromatic heterocycles. The van der Waals surface area contributed by atoms with E-state index in [1.54, 1.807) is 6.07 Å². The molecule has 0 radical (unpaired) electrons. The number of para-hydroxylation sites is 1. The SMILES string of the molecule is CC(CN(C)C)CN1c2ccccc2Sc2ccc(C(F)(F)F)cc21.O=C(O)C(O)C(O)C(=O)O. The predicted molar refractivity (Wildman–Crippen MR) is 124 cm³/mol. The van der Waals surface area contributed by atoms with Gasteiger partial charge in [-0.1, -0.05) is 30.8 Å². The maximum absolute atomic E-state index is 13.2. The summed E-state index contributed by atoms with van der Waals surface area (Å²) in [6.07, 6.45) is -8.87. The molecule has 3 atom stereocenters. The molecule has 0 spiro atoms. The van der Waals surface area contributed by atoms with E-state index in [1.807, 2.05) is 43.3 Å². The lowest BCUT2D eigenvalue weighted by Gasteiger charge is -2.35. The number of nitrogens with zero attached hydrogens (tertiary/aromatic N) is 2. The first-order valence-electron chi connectivity index (χ1n) is 10.4. The van der Waals surface area contributed by atoms with Crippen molar-refractivity contribution in [3.05, 3.63) is 48.0 Å². The second-order valence-electron chi connectivity index (χ2n) is 8.29. The number of rotatable bonds is 7. The molecule has 0 saturated carbocycles. The van der Waals surface area contributed by atoms with Crippen molar-refractivity contribution < 1.29 is 43.2 Å². The lowest BCUT2D eigenvalue weighted by atomic mass is 10.1. The summed E-state index contributed by atoms with van der Waals surface area (Å²) in [5.74, 6) is -3.22. The zero-order valence-corrected chi connectivity index (χ0v) is 20.0. The third kappa shape index (κ3) is 7.59. The molecule has 0 fully saturated rings. The zero-order chi connectivity index (χ0) is 26.5. The van der Waals surface area contributed by atoms with Gasteiger partial charge in [0.15, 0.2) is 12.2 Å². The minimum absolute atomic E-state index is 0.313. The molecule has 192 valence electrons. The summed E-state index contributed by atoms with van der Waals surface area (Å²) in [5, 5.41) is 32.5. The van der Waals surface area contributed by atoms with Gasteiger partial charge in [-0.15, -0.1) is 0 Å². The summed E-state index contributed by atoms with van der Waals surface area (Å²) in [6.45, 7) is 3.67. The molecule has 2 aromatic rings. The number of carboxylic acid groups (broad SMARTS) is 2. The van der Waals surface area contributed by atoms with Crippen molar-refractivity contribution in [2.45, 2.75) is 35.1 Å². The van der Waals surface area contributed by atoms with Crippen molar-refractivity contribution in [3.63, 3.8) is 0 Å². The molecular formula is C23H27F3N2O6S. The van der Waals surface area contributed by atoms with E-state index < -0.39 is 35.9 Å². The van der Waals surface area contributed by atoms with Crippen LogP contribution in [0.2, 0.25) is 0 Å². The summed E-state index contributed by atoms with van der Waals surface area (Å²) in [6, 6.07) is 11.9. The molecule has 4 N–H and O–H groups in total. The zero-order valence-electron chi connectivity index (χ0n) is 19.2. The number of anilines is 2. The minimum atomic E-state index is -4.34. The number of benzene rings is 2. The first kappa shape index (κ1) is 28.4. The fourth-order valence-electron chi connectivity index (χ4n) is 3.47. The van der Waals surface area contributed by atoms with E-state index >= 15 is 0 Å². The number of aliphatic carboxylic acids is 2. The highest BCUT2D eigenvalue weighted by molar-refractivity contribution is 7.99. The van der Waals surface area contributed by atoms with E-state index in [0.717, 1.165) is 22.0 Å². The van der Waals surface area contributed by atoms with Crippen molar-refractivity contribution in [1.82, 2.24) is 4.90 Å². The van der Waals surface area contributed by atoms with Crippen LogP contribution in [0.4, 0.5) is 24.5 Å². The van der Waals surface area contributed by atoms with Crippen molar-refractivity contribution >= 4 is 35.1 Å². The molecule has 0 saturated heterocycles. The topological polar surface area (TPSA) is 122 Å². The average Bonchev–Trinajstić information content (AvgIpc) is 2.76. The third-order valence-corrected chi connectivity index (χ3v) is 6.06. The van der Waals surface area contributed by atoms with E-state index in [1.165, 1.54) is 23.9 Å². The van der Waals surface area contributed by atoms with Crippen LogP contribution >= 0.6 is 11.8 Å². The summed E-state index contributed by atoms with van der Waals surface area (Å²) in [7, 11) is 4.01. The number of aliphatic hydroxyl groups is 2. The second-order valence-corrected chi connectivity index (χ2v) is 9.38. The van der Waals surface area contributed by atoms with Crippen LogP contribution in [-0.2, 0) is 15.8 Å². The number of carboxylic acids is 2. The maximum Gasteiger partial charge on any atom is 0.416 e. The fourth-order valence-corrected chi connectivity index (χ4v) is 4.54. The normalized spacial score (nSPS) is 15.3. The van der Waals surface area contributed by atoms with Gasteiger partial charge in [0.2, 0.25) is 0 Å². The van der Waals surface area contributed by atoms with E-state index in [9.17, 15) is 22.8 Å². The van der Waals surface area contributed by atoms with Crippen LogP contribution in [-0.4, -0.2) is 76.7 Å². The molecule has 0 bridgehead atoms. The molecule has 8 nitrogen and oxygen atoms in total. The summed E-state index contributed by atoms with van der Waals surface area (Å²) in [5.41, 5.74) is 1.02. The maximum atomic E-state index is 13.2. The van der Waals surface area contributed by atoms with Gasteiger partial charge >= 0.3 is 18.1 Å². The molecule has 0 amide bonds. The number of halogens is 3. The Kier molecular flexibility index (Phi) is 9.55. The van der Waals surface area contributed by atoms with Gasteiger partial charge in [-0.2, -0.15) is 13.2 Å². The highest BCUT2D eigenvalue weighted by Gasteiger charge is 2.33. The van der Waals surface area contributed by atoms with Gasteiger partial charge in [-0.05, 0) is 50.3 Å². The Bertz CT molecular complexity index is 1030. The van der Waals surface area contributed by atoms with E-state index in [-0.39, 0.29) is 0 Å². The van der Waals surface area contributed by atoms with Crippen molar-refractivity contribution in [3.8, 4) is 0 Å². The summed E-state index contributed by atoms with van der Waals surface area (Å²) >= 11 is 1.53. The Hall–Kier alpha value is -2.80. The Morgan fingerprint density at radius 1 is 0.971 bits per heavy atom. The standard InChI is InChI=1S/C19H21F3N2S.C4H6O6/c1-13(11-23(2)3)12-24-15-6-4-5-7-17(15)25-18-9-8-14(10-16(18)24)19(20,21)22;5-1(3(7)8)2(6)4(9)10/h4-10,13H,11-12H2,1-3H3;1-2,5-6H,(H,7,8)(H,9,10). The smallest absolute Gasteiger partial charge is 0.416 e. The van der Waals surface area contributed by atoms with Crippen LogP contribution < -0.4 is 4.90 Å². The number of hydrogen-bond acceptors (Lipinski definition) is 7. The largest absolute Gasteiger partial charge is 0.479 e. The minimum Gasteiger partial charge on any atom is -0.479 e. The van der Waals surface area contributed by atoms with Crippen molar-refractivity contribution in [1.29, 1.82) is 0 Å². The second kappa shape index (κ2) is 11.8. The van der Waals surface area contributed by atoms with Crippen LogP contribution in [0.5, 0.6) is 0 Å².